The van der Waals surface area contributed by atoms with Crippen molar-refractivity contribution in [3.8, 4) is 0 Å². The smallest absolute Gasteiger partial charge is 0.215 e. The highest BCUT2D eigenvalue weighted by Crippen LogP contribution is 2.12. The van der Waals surface area contributed by atoms with Crippen molar-refractivity contribution < 1.29 is 10.1 Å². The van der Waals surface area contributed by atoms with Crippen LogP contribution in [0.25, 0.3) is 0 Å². The number of hydrogen-bond donors (Lipinski definition) is 1. The molecule has 0 bridgehead atoms. The third-order valence-corrected chi connectivity index (χ3v) is 2.79. The Kier molecular flexibility index (Phi) is 4.88. The monoisotopic (exact) mass is 196 g/mol. The normalized spacial score (nSPS) is 22.7. The van der Waals surface area contributed by atoms with Crippen molar-refractivity contribution in [3.05, 3.63) is 11.6 Å². The summed E-state index contributed by atoms with van der Waals surface area (Å²) in [5.74, 6) is 0.395. The fourth-order valence-corrected chi connectivity index (χ4v) is 2.09. The van der Waals surface area contributed by atoms with E-state index >= 15 is 0 Å². The van der Waals surface area contributed by atoms with Gasteiger partial charge in [0.2, 0.25) is 5.78 Å². The number of hydrogen-bond acceptors (Lipinski definition) is 1. The van der Waals surface area contributed by atoms with Gasteiger partial charge in [-0.1, -0.05) is 26.3 Å². The van der Waals surface area contributed by atoms with E-state index in [4.69, 9.17) is 0 Å². The van der Waals surface area contributed by atoms with E-state index in [-0.39, 0.29) is 6.04 Å². The number of quaternary nitrogens is 1. The number of allylic oxidation sites excluding steroid dienone is 1. The van der Waals surface area contributed by atoms with Crippen molar-refractivity contribution in [2.24, 2.45) is 0 Å². The summed E-state index contributed by atoms with van der Waals surface area (Å²) >= 11 is 0. The maximum atomic E-state index is 12.0. The van der Waals surface area contributed by atoms with Gasteiger partial charge in [-0.15, -0.1) is 0 Å². The molecule has 1 heterocycles. The highest BCUT2D eigenvalue weighted by molar-refractivity contribution is 5.98. The second-order valence-electron chi connectivity index (χ2n) is 4.02. The zero-order valence-corrected chi connectivity index (χ0v) is 9.38. The van der Waals surface area contributed by atoms with Crippen LogP contribution in [0.15, 0.2) is 11.6 Å². The molecule has 0 aliphatic carbocycles. The lowest BCUT2D eigenvalue weighted by Gasteiger charge is -2.09. The van der Waals surface area contributed by atoms with Crippen molar-refractivity contribution >= 4 is 5.78 Å². The van der Waals surface area contributed by atoms with Crippen LogP contribution >= 0.6 is 0 Å². The van der Waals surface area contributed by atoms with Gasteiger partial charge >= 0.3 is 0 Å². The Bertz CT molecular complexity index is 214. The van der Waals surface area contributed by atoms with Crippen molar-refractivity contribution in [2.45, 2.75) is 52.0 Å². The average molecular weight is 196 g/mol. The van der Waals surface area contributed by atoms with Crippen molar-refractivity contribution in [1.29, 1.82) is 0 Å². The Morgan fingerprint density at radius 2 is 2.29 bits per heavy atom. The number of ketones is 1. The van der Waals surface area contributed by atoms with Gasteiger partial charge in [0, 0.05) is 12.8 Å². The fourth-order valence-electron chi connectivity index (χ4n) is 2.09. The van der Waals surface area contributed by atoms with Gasteiger partial charge in [-0.25, -0.2) is 0 Å². The van der Waals surface area contributed by atoms with Gasteiger partial charge in [-0.05, 0) is 18.4 Å². The van der Waals surface area contributed by atoms with E-state index in [0.717, 1.165) is 37.8 Å². The molecule has 0 amide bonds. The Labute approximate surface area is 86.8 Å². The molecule has 2 heteroatoms. The summed E-state index contributed by atoms with van der Waals surface area (Å²) in [6.45, 7) is 5.36. The predicted molar refractivity (Wildman–Crippen MR) is 58.1 cm³/mol. The quantitative estimate of drug-likeness (QED) is 0.663. The first-order valence-electron chi connectivity index (χ1n) is 5.86. The van der Waals surface area contributed by atoms with Crippen molar-refractivity contribution in [2.75, 3.05) is 6.54 Å². The summed E-state index contributed by atoms with van der Waals surface area (Å²) in [4.78, 5) is 12.0. The topological polar surface area (TPSA) is 33.7 Å². The minimum atomic E-state index is 0.236. The zero-order chi connectivity index (χ0) is 10.4. The molecule has 2 nitrogen and oxygen atoms in total. The molecule has 0 radical (unpaired) electrons. The summed E-state index contributed by atoms with van der Waals surface area (Å²) in [5, 5.41) is 2.20. The average Bonchev–Trinajstić information content (AvgIpc) is 2.69. The molecule has 0 aromatic heterocycles. The Hall–Kier alpha value is -0.630. The summed E-state index contributed by atoms with van der Waals surface area (Å²) in [6, 6.07) is 0.236. The number of Topliss-reactive ketones (excluding diaryl/α,β-unsaturated/α-hetero) is 1. The Morgan fingerprint density at radius 3 is 2.79 bits per heavy atom. The van der Waals surface area contributed by atoms with Crippen LogP contribution in [-0.2, 0) is 4.79 Å². The molecule has 1 atom stereocenters. The van der Waals surface area contributed by atoms with Gasteiger partial charge in [-0.2, -0.15) is 0 Å². The van der Waals surface area contributed by atoms with E-state index in [1.165, 1.54) is 6.42 Å². The molecule has 1 unspecified atom stereocenters. The lowest BCUT2D eigenvalue weighted by atomic mass is 9.98. The highest BCUT2D eigenvalue weighted by Gasteiger charge is 2.27. The second-order valence-corrected chi connectivity index (χ2v) is 4.02. The lowest BCUT2D eigenvalue weighted by Crippen LogP contribution is -2.88. The van der Waals surface area contributed by atoms with Crippen LogP contribution in [0.3, 0.4) is 0 Å². The van der Waals surface area contributed by atoms with Gasteiger partial charge in [-0.3, -0.25) is 4.79 Å². The molecular weight excluding hydrogens is 174 g/mol. The molecule has 0 aromatic rings. The molecule has 1 rings (SSSR count). The van der Waals surface area contributed by atoms with E-state index < -0.39 is 0 Å². The molecule has 0 aromatic carbocycles. The molecule has 14 heavy (non-hydrogen) atoms. The largest absolute Gasteiger partial charge is 0.337 e. The van der Waals surface area contributed by atoms with Crippen LogP contribution in [0.1, 0.15) is 46.0 Å². The van der Waals surface area contributed by atoms with Crippen LogP contribution < -0.4 is 5.32 Å². The Morgan fingerprint density at radius 1 is 1.50 bits per heavy atom. The van der Waals surface area contributed by atoms with E-state index in [1.54, 1.807) is 0 Å². The van der Waals surface area contributed by atoms with Crippen LogP contribution in [0.4, 0.5) is 0 Å². The van der Waals surface area contributed by atoms with Crippen LogP contribution in [0.2, 0.25) is 0 Å². The minimum absolute atomic E-state index is 0.236. The molecule has 2 N–H and O–H groups in total. The molecule has 80 valence electrons. The molecular formula is C12H22NO+. The van der Waals surface area contributed by atoms with Crippen molar-refractivity contribution in [3.63, 3.8) is 0 Å². The SMILES string of the molecule is CC/C=C(\CCC)C(=O)C1CCC[NH2+]1. The zero-order valence-electron chi connectivity index (χ0n) is 9.38. The van der Waals surface area contributed by atoms with Gasteiger partial charge in [0.15, 0.2) is 0 Å². The summed E-state index contributed by atoms with van der Waals surface area (Å²) < 4.78 is 0. The highest BCUT2D eigenvalue weighted by atomic mass is 16.1. The number of carbonyl (C=O) groups excluding carboxylic acids is 1. The van der Waals surface area contributed by atoms with E-state index in [1.807, 2.05) is 0 Å². The van der Waals surface area contributed by atoms with Crippen LogP contribution in [0.5, 0.6) is 0 Å². The van der Waals surface area contributed by atoms with Crippen LogP contribution in [-0.4, -0.2) is 18.4 Å². The lowest BCUT2D eigenvalue weighted by molar-refractivity contribution is -0.656. The summed E-state index contributed by atoms with van der Waals surface area (Å²) in [6.07, 6.45) is 7.39. The van der Waals surface area contributed by atoms with Crippen molar-refractivity contribution in [1.82, 2.24) is 0 Å². The first-order chi connectivity index (χ1) is 6.79. The summed E-state index contributed by atoms with van der Waals surface area (Å²) in [7, 11) is 0. The molecule has 1 aliphatic heterocycles. The van der Waals surface area contributed by atoms with Gasteiger partial charge < -0.3 is 5.32 Å². The maximum absolute atomic E-state index is 12.0. The van der Waals surface area contributed by atoms with Gasteiger partial charge in [0.1, 0.15) is 6.04 Å². The number of carbonyl (C=O) groups is 1. The molecule has 1 fully saturated rings. The maximum Gasteiger partial charge on any atom is 0.215 e. The molecule has 1 saturated heterocycles. The first kappa shape index (κ1) is 11.4. The number of rotatable bonds is 5. The van der Waals surface area contributed by atoms with E-state index in [0.29, 0.717) is 5.78 Å². The van der Waals surface area contributed by atoms with Gasteiger partial charge in [0.05, 0.1) is 6.54 Å². The van der Waals surface area contributed by atoms with Crippen LogP contribution in [0, 0.1) is 0 Å². The molecule has 0 saturated carbocycles. The third-order valence-electron chi connectivity index (χ3n) is 2.79. The number of nitrogens with two attached hydrogens (primary N) is 1. The van der Waals surface area contributed by atoms with Gasteiger partial charge in [0.25, 0.3) is 0 Å². The predicted octanol–water partition coefficient (Wildman–Crippen LogP) is 1.42. The van der Waals surface area contributed by atoms with E-state index in [9.17, 15) is 4.79 Å². The molecule has 0 spiro atoms. The standard InChI is InChI=1S/C12H21NO/c1-3-6-10(7-4-2)12(14)11-8-5-9-13-11/h6,11,13H,3-5,7-9H2,1-2H3/p+1/b10-6+. The fraction of sp³-hybridized carbons (Fsp3) is 0.750. The summed E-state index contributed by atoms with van der Waals surface area (Å²) in [5.41, 5.74) is 1.07. The minimum Gasteiger partial charge on any atom is -0.337 e. The third kappa shape index (κ3) is 2.95. The molecule has 1 aliphatic rings. The van der Waals surface area contributed by atoms with E-state index in [2.05, 4.69) is 25.2 Å². The second kappa shape index (κ2) is 5.97. The first-order valence-corrected chi connectivity index (χ1v) is 5.86. The Balaban J connectivity index is 2.57.